The predicted molar refractivity (Wildman–Crippen MR) is 74.6 cm³/mol. The first-order valence-electron chi connectivity index (χ1n) is 6.05. The molecule has 8 nitrogen and oxygen atoms in total. The molecule has 1 aromatic carbocycles. The van der Waals surface area contributed by atoms with Crippen molar-refractivity contribution in [3.8, 4) is 11.6 Å². The Labute approximate surface area is 120 Å². The summed E-state index contributed by atoms with van der Waals surface area (Å²) in [6.45, 7) is 1.12. The van der Waals surface area contributed by atoms with Crippen molar-refractivity contribution in [2.75, 3.05) is 11.9 Å². The van der Waals surface area contributed by atoms with E-state index >= 15 is 0 Å². The number of amides is 2. The molecule has 0 saturated carbocycles. The number of carboxylic acid groups (broad SMARTS) is 1. The number of nitrogens with one attached hydrogen (secondary N) is 1. The third kappa shape index (κ3) is 3.30. The quantitative estimate of drug-likeness (QED) is 0.762. The summed E-state index contributed by atoms with van der Waals surface area (Å²) in [4.78, 5) is 21.7. The molecule has 2 rings (SSSR count). The molecule has 0 fully saturated rings. The van der Waals surface area contributed by atoms with Crippen molar-refractivity contribution in [1.29, 1.82) is 0 Å². The number of carbonyl (C=O) groups excluding carboxylic acids is 1. The topological polar surface area (TPSA) is 119 Å². The number of carboxylic acids is 1. The molecule has 0 spiro atoms. The van der Waals surface area contributed by atoms with Gasteiger partial charge in [0.1, 0.15) is 5.82 Å². The van der Waals surface area contributed by atoms with Crippen LogP contribution in [-0.2, 0) is 4.79 Å². The first-order chi connectivity index (χ1) is 9.99. The number of nitrogens with zero attached hydrogens (tertiary/aromatic N) is 2. The Morgan fingerprint density at radius 3 is 2.62 bits per heavy atom. The number of aromatic nitrogens is 2. The Kier molecular flexibility index (Phi) is 4.07. The summed E-state index contributed by atoms with van der Waals surface area (Å²) in [7, 11) is 0. The van der Waals surface area contributed by atoms with Crippen LogP contribution in [-0.4, -0.2) is 33.5 Å². The van der Waals surface area contributed by atoms with E-state index in [1.54, 1.807) is 31.2 Å². The lowest BCUT2D eigenvalue weighted by atomic mass is 10.3. The van der Waals surface area contributed by atoms with Gasteiger partial charge in [0.25, 0.3) is 0 Å². The molecule has 0 aliphatic heterocycles. The summed E-state index contributed by atoms with van der Waals surface area (Å²) >= 11 is 0. The first-order valence-corrected chi connectivity index (χ1v) is 6.05. The van der Waals surface area contributed by atoms with Crippen LogP contribution in [0.2, 0.25) is 0 Å². The molecule has 0 radical (unpaired) electrons. The molecule has 0 aliphatic carbocycles. The standard InChI is InChI=1S/C13H14N4O4/c1-8-11(15-13(14)20)17(9-5-3-2-4-6-9)16-12(8)21-7-10(18)19/h2-6H,7H2,1H3,(H,18,19)(H3,14,15,20). The highest BCUT2D eigenvalue weighted by atomic mass is 16.5. The van der Waals surface area contributed by atoms with Crippen LogP contribution < -0.4 is 15.8 Å². The van der Waals surface area contributed by atoms with Crippen molar-refractivity contribution in [1.82, 2.24) is 9.78 Å². The van der Waals surface area contributed by atoms with Crippen molar-refractivity contribution in [3.63, 3.8) is 0 Å². The summed E-state index contributed by atoms with van der Waals surface area (Å²) in [5, 5.41) is 15.3. The van der Waals surface area contributed by atoms with Gasteiger partial charge in [0.2, 0.25) is 5.88 Å². The minimum absolute atomic E-state index is 0.116. The summed E-state index contributed by atoms with van der Waals surface area (Å²) in [6, 6.07) is 8.25. The number of benzene rings is 1. The second kappa shape index (κ2) is 5.95. The molecule has 0 aliphatic rings. The Bertz CT molecular complexity index is 666. The van der Waals surface area contributed by atoms with Crippen LogP contribution in [0.1, 0.15) is 5.56 Å². The van der Waals surface area contributed by atoms with Crippen LogP contribution in [0.15, 0.2) is 30.3 Å². The number of nitrogens with two attached hydrogens (primary N) is 1. The van der Waals surface area contributed by atoms with Gasteiger partial charge < -0.3 is 15.6 Å². The van der Waals surface area contributed by atoms with Gasteiger partial charge in [0.15, 0.2) is 6.61 Å². The fourth-order valence-electron chi connectivity index (χ4n) is 1.76. The van der Waals surface area contributed by atoms with Crippen LogP contribution in [0.5, 0.6) is 5.88 Å². The van der Waals surface area contributed by atoms with Crippen molar-refractivity contribution < 1.29 is 19.4 Å². The molecule has 1 aromatic heterocycles. The van der Waals surface area contributed by atoms with E-state index in [1.807, 2.05) is 6.07 Å². The highest BCUT2D eigenvalue weighted by Gasteiger charge is 2.18. The van der Waals surface area contributed by atoms with Gasteiger partial charge in [-0.3, -0.25) is 5.32 Å². The zero-order valence-corrected chi connectivity index (χ0v) is 11.2. The van der Waals surface area contributed by atoms with E-state index in [-0.39, 0.29) is 5.88 Å². The van der Waals surface area contributed by atoms with Crippen LogP contribution >= 0.6 is 0 Å². The molecule has 0 saturated heterocycles. The van der Waals surface area contributed by atoms with E-state index in [0.29, 0.717) is 17.1 Å². The monoisotopic (exact) mass is 290 g/mol. The number of rotatable bonds is 5. The van der Waals surface area contributed by atoms with Crippen LogP contribution in [0, 0.1) is 6.92 Å². The SMILES string of the molecule is Cc1c(OCC(=O)O)nn(-c2ccccc2)c1NC(N)=O. The number of carbonyl (C=O) groups is 2. The van der Waals surface area contributed by atoms with Gasteiger partial charge in [0, 0.05) is 0 Å². The lowest BCUT2D eigenvalue weighted by Crippen LogP contribution is -2.21. The van der Waals surface area contributed by atoms with Crippen LogP contribution in [0.3, 0.4) is 0 Å². The fraction of sp³-hybridized carbons (Fsp3) is 0.154. The number of hydrogen-bond acceptors (Lipinski definition) is 4. The van der Waals surface area contributed by atoms with Crippen molar-refractivity contribution in [2.24, 2.45) is 5.73 Å². The van der Waals surface area contributed by atoms with E-state index in [1.165, 1.54) is 4.68 Å². The Hall–Kier alpha value is -3.03. The smallest absolute Gasteiger partial charge is 0.341 e. The number of ether oxygens (including phenoxy) is 1. The number of hydrogen-bond donors (Lipinski definition) is 3. The Morgan fingerprint density at radius 1 is 1.38 bits per heavy atom. The molecule has 0 bridgehead atoms. The third-order valence-corrected chi connectivity index (χ3v) is 2.65. The maximum atomic E-state index is 11.1. The van der Waals surface area contributed by atoms with Crippen molar-refractivity contribution in [3.05, 3.63) is 35.9 Å². The van der Waals surface area contributed by atoms with Gasteiger partial charge >= 0.3 is 12.0 Å². The average Bonchev–Trinajstić information content (AvgIpc) is 2.74. The van der Waals surface area contributed by atoms with Crippen molar-refractivity contribution >= 4 is 17.8 Å². The van der Waals surface area contributed by atoms with E-state index in [4.69, 9.17) is 15.6 Å². The number of primary amides is 1. The summed E-state index contributed by atoms with van der Waals surface area (Å²) in [5.74, 6) is -0.674. The van der Waals surface area contributed by atoms with E-state index in [2.05, 4.69) is 10.4 Å². The normalized spacial score (nSPS) is 10.1. The van der Waals surface area contributed by atoms with E-state index < -0.39 is 18.6 Å². The van der Waals surface area contributed by atoms with Gasteiger partial charge in [-0.2, -0.15) is 0 Å². The van der Waals surface area contributed by atoms with E-state index in [9.17, 15) is 9.59 Å². The zero-order valence-electron chi connectivity index (χ0n) is 11.2. The lowest BCUT2D eigenvalue weighted by Gasteiger charge is -2.07. The Morgan fingerprint density at radius 2 is 2.05 bits per heavy atom. The molecule has 2 amide bonds. The average molecular weight is 290 g/mol. The maximum Gasteiger partial charge on any atom is 0.341 e. The van der Waals surface area contributed by atoms with E-state index in [0.717, 1.165) is 0 Å². The van der Waals surface area contributed by atoms with Gasteiger partial charge in [0.05, 0.1) is 11.3 Å². The molecule has 21 heavy (non-hydrogen) atoms. The summed E-state index contributed by atoms with van der Waals surface area (Å²) < 4.78 is 6.53. The maximum absolute atomic E-state index is 11.1. The third-order valence-electron chi connectivity index (χ3n) is 2.65. The summed E-state index contributed by atoms with van der Waals surface area (Å²) in [6.07, 6.45) is 0. The number of urea groups is 1. The second-order valence-corrected chi connectivity index (χ2v) is 4.20. The summed E-state index contributed by atoms with van der Waals surface area (Å²) in [5.41, 5.74) is 6.31. The first kappa shape index (κ1) is 14.4. The molecule has 1 heterocycles. The number of aliphatic carboxylic acids is 1. The molecule has 0 atom stereocenters. The van der Waals surface area contributed by atoms with Gasteiger partial charge in [-0.15, -0.1) is 5.10 Å². The highest BCUT2D eigenvalue weighted by Crippen LogP contribution is 2.28. The van der Waals surface area contributed by atoms with Gasteiger partial charge in [-0.25, -0.2) is 14.3 Å². The molecular formula is C13H14N4O4. The molecule has 110 valence electrons. The number of para-hydroxylation sites is 1. The second-order valence-electron chi connectivity index (χ2n) is 4.20. The minimum Gasteiger partial charge on any atom is -0.479 e. The van der Waals surface area contributed by atoms with Crippen molar-refractivity contribution in [2.45, 2.75) is 6.92 Å². The van der Waals surface area contributed by atoms with Gasteiger partial charge in [-0.05, 0) is 19.1 Å². The predicted octanol–water partition coefficient (Wildman–Crippen LogP) is 1.13. The minimum atomic E-state index is -1.12. The van der Waals surface area contributed by atoms with Crippen LogP contribution in [0.25, 0.3) is 5.69 Å². The highest BCUT2D eigenvalue weighted by molar-refractivity contribution is 5.88. The molecular weight excluding hydrogens is 276 g/mol. The molecule has 0 unspecified atom stereocenters. The number of anilines is 1. The largest absolute Gasteiger partial charge is 0.479 e. The van der Waals surface area contributed by atoms with Gasteiger partial charge in [-0.1, -0.05) is 18.2 Å². The molecule has 8 heteroatoms. The lowest BCUT2D eigenvalue weighted by molar-refractivity contribution is -0.139. The zero-order chi connectivity index (χ0) is 15.4. The van der Waals surface area contributed by atoms with Crippen LogP contribution in [0.4, 0.5) is 10.6 Å². The molecule has 2 aromatic rings. The fourth-order valence-corrected chi connectivity index (χ4v) is 1.76. The Balaban J connectivity index is 2.44. The molecule has 4 N–H and O–H groups in total.